The molecule has 0 aliphatic rings. The fraction of sp³-hybridized carbons (Fsp3) is 0.647. The van der Waals surface area contributed by atoms with Crippen molar-refractivity contribution in [2.75, 3.05) is 25.6 Å². The van der Waals surface area contributed by atoms with Gasteiger partial charge < -0.3 is 15.2 Å². The summed E-state index contributed by atoms with van der Waals surface area (Å²) in [6, 6.07) is 5.31. The van der Waals surface area contributed by atoms with Gasteiger partial charge in [-0.15, -0.1) is 24.0 Å². The van der Waals surface area contributed by atoms with E-state index in [1.54, 1.807) is 23.7 Å². The first kappa shape index (κ1) is 24.9. The molecule has 0 bridgehead atoms. The van der Waals surface area contributed by atoms with E-state index in [4.69, 9.17) is 0 Å². The Kier molecular flexibility index (Phi) is 11.8. The lowest BCUT2D eigenvalue weighted by atomic mass is 10.2. The first-order chi connectivity index (χ1) is 11.7. The molecule has 0 spiro atoms. The molecule has 1 unspecified atom stereocenters. The topological polar surface area (TPSA) is 92.6 Å². The maximum atomic E-state index is 11.8. The van der Waals surface area contributed by atoms with E-state index >= 15 is 0 Å². The molecule has 150 valence electrons. The van der Waals surface area contributed by atoms with Crippen LogP contribution in [-0.2, 0) is 16.4 Å². The molecule has 2 N–H and O–H groups in total. The van der Waals surface area contributed by atoms with Gasteiger partial charge in [0.1, 0.15) is 9.84 Å². The predicted octanol–water partition coefficient (Wildman–Crippen LogP) is 1.54. The average molecular weight is 498 g/mol. The zero-order valence-corrected chi connectivity index (χ0v) is 19.1. The average Bonchev–Trinajstić information content (AvgIpc) is 2.53. The number of hydrogen-bond donors (Lipinski definition) is 2. The quantitative estimate of drug-likeness (QED) is 0.233. The van der Waals surface area contributed by atoms with Crippen molar-refractivity contribution in [3.05, 3.63) is 34.2 Å². The Labute approximate surface area is 173 Å². The molecule has 7 nitrogen and oxygen atoms in total. The van der Waals surface area contributed by atoms with Crippen molar-refractivity contribution < 1.29 is 8.42 Å². The SMILES string of the molecule is CN=C(NCCCCn1c(C)cccc1=O)NC(C)CCS(C)(=O)=O.I. The van der Waals surface area contributed by atoms with Gasteiger partial charge >= 0.3 is 0 Å². The van der Waals surface area contributed by atoms with Crippen LogP contribution in [0.2, 0.25) is 0 Å². The van der Waals surface area contributed by atoms with Gasteiger partial charge in [0.2, 0.25) is 0 Å². The molecule has 0 fully saturated rings. The molecule has 0 aromatic carbocycles. The van der Waals surface area contributed by atoms with Crippen LogP contribution in [0.4, 0.5) is 0 Å². The normalized spacial score (nSPS) is 13.0. The minimum Gasteiger partial charge on any atom is -0.356 e. The Morgan fingerprint density at radius 1 is 1.31 bits per heavy atom. The molecule has 9 heteroatoms. The van der Waals surface area contributed by atoms with Gasteiger partial charge in [-0.1, -0.05) is 6.07 Å². The molecule has 1 heterocycles. The largest absolute Gasteiger partial charge is 0.356 e. The van der Waals surface area contributed by atoms with Crippen molar-refractivity contribution in [2.24, 2.45) is 4.99 Å². The summed E-state index contributed by atoms with van der Waals surface area (Å²) in [4.78, 5) is 15.9. The van der Waals surface area contributed by atoms with Gasteiger partial charge in [0.15, 0.2) is 5.96 Å². The summed E-state index contributed by atoms with van der Waals surface area (Å²) in [5.41, 5.74) is 1.00. The number of unbranched alkanes of at least 4 members (excludes halogenated alkanes) is 1. The van der Waals surface area contributed by atoms with Gasteiger partial charge in [-0.05, 0) is 39.2 Å². The number of nitrogens with zero attached hydrogens (tertiary/aromatic N) is 2. The van der Waals surface area contributed by atoms with Crippen LogP contribution in [0.1, 0.15) is 31.9 Å². The van der Waals surface area contributed by atoms with E-state index < -0.39 is 9.84 Å². The fourth-order valence-corrected chi connectivity index (χ4v) is 3.18. The van der Waals surface area contributed by atoms with Crippen molar-refractivity contribution in [3.8, 4) is 0 Å². The van der Waals surface area contributed by atoms with Crippen LogP contribution in [0.25, 0.3) is 0 Å². The standard InChI is InChI=1S/C17H30N4O3S.HI/c1-14(10-13-25(4,23)24)20-17(18-3)19-11-5-6-12-21-15(2)8-7-9-16(21)22;/h7-9,14H,5-6,10-13H2,1-4H3,(H2,18,19,20);1H. The Bertz CT molecular complexity index is 732. The molecular weight excluding hydrogens is 467 g/mol. The van der Waals surface area contributed by atoms with Gasteiger partial charge in [-0.25, -0.2) is 8.42 Å². The zero-order valence-electron chi connectivity index (χ0n) is 16.0. The number of aryl methyl sites for hydroxylation is 1. The number of halogens is 1. The molecule has 1 atom stereocenters. The monoisotopic (exact) mass is 498 g/mol. The van der Waals surface area contributed by atoms with Crippen molar-refractivity contribution in [2.45, 2.75) is 45.7 Å². The smallest absolute Gasteiger partial charge is 0.250 e. The predicted molar refractivity (Wildman–Crippen MR) is 118 cm³/mol. The van der Waals surface area contributed by atoms with E-state index in [0.29, 0.717) is 18.9 Å². The van der Waals surface area contributed by atoms with E-state index in [-0.39, 0.29) is 41.3 Å². The Hall–Kier alpha value is -1.10. The summed E-state index contributed by atoms with van der Waals surface area (Å²) in [6.07, 6.45) is 3.57. The molecule has 0 aliphatic carbocycles. The van der Waals surface area contributed by atoms with E-state index in [1.165, 1.54) is 6.26 Å². The third kappa shape index (κ3) is 10.1. The second-order valence-corrected chi connectivity index (χ2v) is 8.59. The Balaban J connectivity index is 0.00000625. The van der Waals surface area contributed by atoms with Gasteiger partial charge in [-0.2, -0.15) is 0 Å². The lowest BCUT2D eigenvalue weighted by molar-refractivity contribution is 0.565. The van der Waals surface area contributed by atoms with Gasteiger partial charge in [0.25, 0.3) is 5.56 Å². The Morgan fingerprint density at radius 2 is 2.00 bits per heavy atom. The maximum absolute atomic E-state index is 11.8. The van der Waals surface area contributed by atoms with Crippen LogP contribution in [0, 0.1) is 6.92 Å². The Morgan fingerprint density at radius 3 is 2.58 bits per heavy atom. The van der Waals surface area contributed by atoms with Crippen LogP contribution in [0.15, 0.2) is 28.0 Å². The van der Waals surface area contributed by atoms with E-state index in [1.807, 2.05) is 19.9 Å². The molecule has 1 rings (SSSR count). The minimum absolute atomic E-state index is 0. The first-order valence-electron chi connectivity index (χ1n) is 8.54. The number of nitrogens with one attached hydrogen (secondary N) is 2. The third-order valence-electron chi connectivity index (χ3n) is 3.90. The number of sulfone groups is 1. The highest BCUT2D eigenvalue weighted by Crippen LogP contribution is 1.98. The first-order valence-corrected chi connectivity index (χ1v) is 10.6. The molecular formula is C17H31IN4O3S. The number of rotatable bonds is 9. The molecule has 0 aliphatic heterocycles. The van der Waals surface area contributed by atoms with Crippen LogP contribution >= 0.6 is 24.0 Å². The van der Waals surface area contributed by atoms with Crippen molar-refractivity contribution in [1.82, 2.24) is 15.2 Å². The third-order valence-corrected chi connectivity index (χ3v) is 4.87. The molecule has 0 saturated heterocycles. The van der Waals surface area contributed by atoms with Crippen molar-refractivity contribution in [3.63, 3.8) is 0 Å². The van der Waals surface area contributed by atoms with Crippen LogP contribution < -0.4 is 16.2 Å². The van der Waals surface area contributed by atoms with Gasteiger partial charge in [-0.3, -0.25) is 9.79 Å². The van der Waals surface area contributed by atoms with Gasteiger partial charge in [0, 0.05) is 44.2 Å². The zero-order chi connectivity index (χ0) is 18.9. The van der Waals surface area contributed by atoms with E-state index in [9.17, 15) is 13.2 Å². The number of pyridine rings is 1. The van der Waals surface area contributed by atoms with Crippen molar-refractivity contribution >= 4 is 39.8 Å². The second kappa shape index (κ2) is 12.3. The molecule has 0 saturated carbocycles. The number of hydrogen-bond acceptors (Lipinski definition) is 4. The summed E-state index contributed by atoms with van der Waals surface area (Å²) >= 11 is 0. The summed E-state index contributed by atoms with van der Waals surface area (Å²) in [6.45, 7) is 5.30. The summed E-state index contributed by atoms with van der Waals surface area (Å²) < 4.78 is 24.2. The summed E-state index contributed by atoms with van der Waals surface area (Å²) in [7, 11) is -1.26. The summed E-state index contributed by atoms with van der Waals surface area (Å²) in [5.74, 6) is 0.817. The number of aromatic nitrogens is 1. The lowest BCUT2D eigenvalue weighted by Crippen LogP contribution is -2.43. The molecule has 1 aromatic heterocycles. The van der Waals surface area contributed by atoms with Crippen LogP contribution in [0.3, 0.4) is 0 Å². The highest BCUT2D eigenvalue weighted by Gasteiger charge is 2.09. The maximum Gasteiger partial charge on any atom is 0.250 e. The highest BCUT2D eigenvalue weighted by atomic mass is 127. The highest BCUT2D eigenvalue weighted by molar-refractivity contribution is 14.0. The van der Waals surface area contributed by atoms with Crippen LogP contribution in [-0.4, -0.2) is 50.6 Å². The van der Waals surface area contributed by atoms with E-state index in [0.717, 1.165) is 25.1 Å². The van der Waals surface area contributed by atoms with Crippen molar-refractivity contribution in [1.29, 1.82) is 0 Å². The molecule has 0 amide bonds. The molecule has 1 aromatic rings. The second-order valence-electron chi connectivity index (χ2n) is 6.33. The number of aliphatic imine (C=N–C) groups is 1. The van der Waals surface area contributed by atoms with Gasteiger partial charge in [0.05, 0.1) is 5.75 Å². The van der Waals surface area contributed by atoms with E-state index in [2.05, 4.69) is 15.6 Å². The number of guanidine groups is 1. The molecule has 26 heavy (non-hydrogen) atoms. The molecule has 0 radical (unpaired) electrons. The fourth-order valence-electron chi connectivity index (χ4n) is 2.40. The summed E-state index contributed by atoms with van der Waals surface area (Å²) in [5, 5.41) is 6.40. The lowest BCUT2D eigenvalue weighted by Gasteiger charge is -2.17. The van der Waals surface area contributed by atoms with Crippen LogP contribution in [0.5, 0.6) is 0 Å². The minimum atomic E-state index is -2.95.